The monoisotopic (exact) mass is 252 g/mol. The van der Waals surface area contributed by atoms with E-state index in [2.05, 4.69) is 15.3 Å². The van der Waals surface area contributed by atoms with Crippen molar-refractivity contribution in [2.75, 3.05) is 5.32 Å². The van der Waals surface area contributed by atoms with Crippen molar-refractivity contribution in [2.24, 2.45) is 27.2 Å². The lowest BCUT2D eigenvalue weighted by Crippen LogP contribution is -2.26. The molecular weight excluding hydrogens is 239 g/mol. The summed E-state index contributed by atoms with van der Waals surface area (Å²) < 4.78 is 13.5. The van der Waals surface area contributed by atoms with Crippen LogP contribution in [-0.2, 0) is 4.79 Å². The highest BCUT2D eigenvalue weighted by molar-refractivity contribution is 5.93. The number of hydrogen-bond donors (Lipinski definition) is 4. The maximum absolute atomic E-state index is 13.5. The Labute approximate surface area is 103 Å². The van der Waals surface area contributed by atoms with Gasteiger partial charge in [0.2, 0.25) is 11.9 Å². The van der Waals surface area contributed by atoms with Gasteiger partial charge in [-0.25, -0.2) is 9.38 Å². The Balaban J connectivity index is 2.98. The molecule has 0 aliphatic rings. The number of amides is 1. The Morgan fingerprint density at radius 1 is 1.33 bits per heavy atom. The molecule has 0 aliphatic carbocycles. The lowest BCUT2D eigenvalue weighted by molar-refractivity contribution is -0.114. The molecule has 0 spiro atoms. The van der Waals surface area contributed by atoms with Gasteiger partial charge < -0.3 is 22.5 Å². The maximum Gasteiger partial charge on any atom is 0.223 e. The molecule has 0 radical (unpaired) electrons. The number of anilines is 1. The van der Waals surface area contributed by atoms with Gasteiger partial charge in [0.25, 0.3) is 0 Å². The largest absolute Gasteiger partial charge is 0.370 e. The van der Waals surface area contributed by atoms with E-state index in [1.54, 1.807) is 0 Å². The first kappa shape index (κ1) is 13.4. The van der Waals surface area contributed by atoms with Crippen LogP contribution in [0.15, 0.2) is 28.2 Å². The van der Waals surface area contributed by atoms with Gasteiger partial charge in [-0.2, -0.15) is 4.99 Å². The van der Waals surface area contributed by atoms with Crippen molar-refractivity contribution in [2.45, 2.75) is 6.92 Å². The van der Waals surface area contributed by atoms with Crippen LogP contribution in [0.5, 0.6) is 0 Å². The molecule has 0 aromatic heterocycles. The topological polar surface area (TPSA) is 132 Å². The number of nitrogens with zero attached hydrogens (tertiary/aromatic N) is 2. The van der Waals surface area contributed by atoms with E-state index in [-0.39, 0.29) is 29.2 Å². The average Bonchev–Trinajstić information content (AvgIpc) is 2.20. The van der Waals surface area contributed by atoms with Crippen molar-refractivity contribution in [3.05, 3.63) is 24.0 Å². The Morgan fingerprint density at radius 3 is 2.50 bits per heavy atom. The lowest BCUT2D eigenvalue weighted by atomic mass is 10.2. The van der Waals surface area contributed by atoms with Gasteiger partial charge in [0.15, 0.2) is 5.96 Å². The van der Waals surface area contributed by atoms with Crippen LogP contribution in [0, 0.1) is 5.82 Å². The number of guanidine groups is 2. The number of carbonyl (C=O) groups is 1. The number of nitrogens with two attached hydrogens (primary N) is 3. The second-order valence-corrected chi connectivity index (χ2v) is 3.35. The number of hydrogen-bond acceptors (Lipinski definition) is 2. The summed E-state index contributed by atoms with van der Waals surface area (Å²) >= 11 is 0. The number of benzene rings is 1. The highest BCUT2D eigenvalue weighted by atomic mass is 19.1. The van der Waals surface area contributed by atoms with Crippen molar-refractivity contribution in [3.8, 4) is 0 Å². The first-order valence-corrected chi connectivity index (χ1v) is 4.89. The minimum Gasteiger partial charge on any atom is -0.370 e. The summed E-state index contributed by atoms with van der Waals surface area (Å²) in [5.41, 5.74) is 15.9. The Bertz CT molecular complexity index is 521. The van der Waals surface area contributed by atoms with Crippen LogP contribution in [0.1, 0.15) is 6.92 Å². The average molecular weight is 252 g/mol. The molecule has 7 N–H and O–H groups in total. The molecule has 1 aromatic carbocycles. The molecule has 0 heterocycles. The summed E-state index contributed by atoms with van der Waals surface area (Å²) in [6.07, 6.45) is 0. The molecule has 18 heavy (non-hydrogen) atoms. The second-order valence-electron chi connectivity index (χ2n) is 3.35. The normalized spacial score (nSPS) is 10.9. The van der Waals surface area contributed by atoms with Gasteiger partial charge >= 0.3 is 0 Å². The van der Waals surface area contributed by atoms with Gasteiger partial charge in [0.05, 0.1) is 11.4 Å². The molecule has 0 bridgehead atoms. The fraction of sp³-hybridized carbons (Fsp3) is 0.100. The van der Waals surface area contributed by atoms with Gasteiger partial charge in [-0.15, -0.1) is 0 Å². The van der Waals surface area contributed by atoms with E-state index >= 15 is 0 Å². The van der Waals surface area contributed by atoms with Crippen LogP contribution in [-0.4, -0.2) is 17.8 Å². The quantitative estimate of drug-likeness (QED) is 0.435. The summed E-state index contributed by atoms with van der Waals surface area (Å²) in [4.78, 5) is 18.0. The standard InChI is InChI=1S/C10H13FN6O/c1-5(18)15-8-3-2-6(4-7(8)11)16-10(14)17-9(12)13/h2-4H,1H3,(H,15,18)(H6,12,13,14,16,17). The zero-order valence-electron chi connectivity index (χ0n) is 9.64. The zero-order valence-corrected chi connectivity index (χ0v) is 9.64. The van der Waals surface area contributed by atoms with Crippen molar-refractivity contribution in [3.63, 3.8) is 0 Å². The van der Waals surface area contributed by atoms with Crippen LogP contribution in [0.3, 0.4) is 0 Å². The van der Waals surface area contributed by atoms with E-state index in [4.69, 9.17) is 17.2 Å². The van der Waals surface area contributed by atoms with E-state index in [1.807, 2.05) is 0 Å². The van der Waals surface area contributed by atoms with E-state index in [1.165, 1.54) is 19.1 Å². The third-order valence-corrected chi connectivity index (χ3v) is 1.75. The molecule has 0 aliphatic heterocycles. The highest BCUT2D eigenvalue weighted by Gasteiger charge is 2.04. The molecule has 1 aromatic rings. The van der Waals surface area contributed by atoms with Gasteiger partial charge in [-0.3, -0.25) is 4.79 Å². The van der Waals surface area contributed by atoms with Crippen molar-refractivity contribution in [1.29, 1.82) is 0 Å². The fourth-order valence-electron chi connectivity index (χ4n) is 1.15. The number of rotatable bonds is 2. The lowest BCUT2D eigenvalue weighted by Gasteiger charge is -2.04. The molecule has 8 heteroatoms. The van der Waals surface area contributed by atoms with Gasteiger partial charge in [0.1, 0.15) is 5.82 Å². The smallest absolute Gasteiger partial charge is 0.223 e. The summed E-state index contributed by atoms with van der Waals surface area (Å²) in [6.45, 7) is 1.28. The number of nitrogens with one attached hydrogen (secondary N) is 1. The predicted molar refractivity (Wildman–Crippen MR) is 67.8 cm³/mol. The molecule has 7 nitrogen and oxygen atoms in total. The van der Waals surface area contributed by atoms with Crippen molar-refractivity contribution < 1.29 is 9.18 Å². The molecule has 0 saturated heterocycles. The van der Waals surface area contributed by atoms with Crippen molar-refractivity contribution >= 4 is 29.2 Å². The van der Waals surface area contributed by atoms with E-state index in [0.29, 0.717) is 0 Å². The number of carbonyl (C=O) groups excluding carboxylic acids is 1. The molecule has 0 fully saturated rings. The summed E-state index contributed by atoms with van der Waals surface area (Å²) in [7, 11) is 0. The third kappa shape index (κ3) is 4.08. The van der Waals surface area contributed by atoms with Crippen LogP contribution in [0.25, 0.3) is 0 Å². The molecule has 0 saturated carbocycles. The molecule has 0 unspecified atom stereocenters. The fourth-order valence-corrected chi connectivity index (χ4v) is 1.15. The Hall–Kier alpha value is -2.64. The SMILES string of the molecule is CC(=O)Nc1ccc(N=C(N)N=C(N)N)cc1F. The summed E-state index contributed by atoms with van der Waals surface area (Å²) in [5.74, 6) is -1.44. The molecule has 1 amide bonds. The molecule has 1 rings (SSSR count). The first-order valence-electron chi connectivity index (χ1n) is 4.89. The van der Waals surface area contributed by atoms with Gasteiger partial charge in [-0.1, -0.05) is 0 Å². The van der Waals surface area contributed by atoms with Crippen LogP contribution in [0.4, 0.5) is 15.8 Å². The highest BCUT2D eigenvalue weighted by Crippen LogP contribution is 2.20. The van der Waals surface area contributed by atoms with Crippen LogP contribution >= 0.6 is 0 Å². The number of aliphatic imine (C=N–C) groups is 2. The Morgan fingerprint density at radius 2 is 2.00 bits per heavy atom. The predicted octanol–water partition coefficient (Wildman–Crippen LogP) is 0.00370. The van der Waals surface area contributed by atoms with Gasteiger partial charge in [0, 0.05) is 13.0 Å². The minimum atomic E-state index is -0.635. The molecule has 96 valence electrons. The Kier molecular flexibility index (Phi) is 4.19. The van der Waals surface area contributed by atoms with Crippen molar-refractivity contribution in [1.82, 2.24) is 0 Å². The van der Waals surface area contributed by atoms with E-state index in [0.717, 1.165) is 6.07 Å². The zero-order chi connectivity index (χ0) is 13.7. The van der Waals surface area contributed by atoms with E-state index < -0.39 is 5.82 Å². The summed E-state index contributed by atoms with van der Waals surface area (Å²) in [5, 5.41) is 2.32. The third-order valence-electron chi connectivity index (χ3n) is 1.75. The van der Waals surface area contributed by atoms with Crippen LogP contribution in [0.2, 0.25) is 0 Å². The summed E-state index contributed by atoms with van der Waals surface area (Å²) in [6, 6.07) is 3.92. The number of halogens is 1. The first-order chi connectivity index (χ1) is 8.38. The second kappa shape index (κ2) is 5.62. The van der Waals surface area contributed by atoms with Gasteiger partial charge in [-0.05, 0) is 12.1 Å². The molecular formula is C10H13FN6O. The maximum atomic E-state index is 13.5. The molecule has 0 atom stereocenters. The van der Waals surface area contributed by atoms with Crippen LogP contribution < -0.4 is 22.5 Å². The minimum absolute atomic E-state index is 0.0573. The van der Waals surface area contributed by atoms with E-state index in [9.17, 15) is 9.18 Å².